The van der Waals surface area contributed by atoms with E-state index >= 15 is 0 Å². The summed E-state index contributed by atoms with van der Waals surface area (Å²) in [7, 11) is 0. The molecule has 0 unspecified atom stereocenters. The molecule has 1 atom stereocenters. The lowest BCUT2D eigenvalue weighted by atomic mass is 9.91. The highest BCUT2D eigenvalue weighted by Crippen LogP contribution is 2.45. The predicted octanol–water partition coefficient (Wildman–Crippen LogP) is 5.35. The van der Waals surface area contributed by atoms with Crippen LogP contribution < -0.4 is 0 Å². The second kappa shape index (κ2) is 6.01. The number of amides is 1. The third-order valence-corrected chi connectivity index (χ3v) is 6.18. The van der Waals surface area contributed by atoms with Gasteiger partial charge in [-0.15, -0.1) is 0 Å². The van der Waals surface area contributed by atoms with Crippen LogP contribution in [0.4, 0.5) is 0 Å². The number of fused-ring (bicyclic) bond motifs is 2. The van der Waals surface area contributed by atoms with Gasteiger partial charge in [0.1, 0.15) is 0 Å². The summed E-state index contributed by atoms with van der Waals surface area (Å²) in [6.45, 7) is 2.14. The number of aryl methyl sites for hydroxylation is 1. The van der Waals surface area contributed by atoms with E-state index in [-0.39, 0.29) is 11.9 Å². The van der Waals surface area contributed by atoms with Crippen LogP contribution in [0.15, 0.2) is 48.5 Å². The van der Waals surface area contributed by atoms with Gasteiger partial charge in [0.15, 0.2) is 0 Å². The molecule has 2 aromatic carbocycles. The molecular formula is C23H24N2O. The largest absolute Gasteiger partial charge is 0.358 e. The maximum absolute atomic E-state index is 13.4. The van der Waals surface area contributed by atoms with Crippen molar-refractivity contribution in [2.75, 3.05) is 0 Å². The molecule has 3 nitrogen and oxygen atoms in total. The van der Waals surface area contributed by atoms with E-state index in [1.54, 1.807) is 0 Å². The Bertz CT molecular complexity index is 981. The summed E-state index contributed by atoms with van der Waals surface area (Å²) in [6.07, 6.45) is 5.99. The lowest BCUT2D eigenvalue weighted by Crippen LogP contribution is -2.40. The second-order valence-electron chi connectivity index (χ2n) is 7.70. The van der Waals surface area contributed by atoms with Gasteiger partial charge in [0.2, 0.25) is 0 Å². The normalized spacial score (nSPS) is 20.7. The Hall–Kier alpha value is -2.55. The summed E-state index contributed by atoms with van der Waals surface area (Å²) in [4.78, 5) is 19.1. The maximum Gasteiger partial charge on any atom is 0.255 e. The molecule has 26 heavy (non-hydrogen) atoms. The first-order valence-electron chi connectivity index (χ1n) is 9.74. The molecule has 0 spiro atoms. The molecule has 0 saturated heterocycles. The molecule has 132 valence electrons. The van der Waals surface area contributed by atoms with Crippen molar-refractivity contribution in [3.8, 4) is 0 Å². The first kappa shape index (κ1) is 15.7. The number of benzene rings is 2. The van der Waals surface area contributed by atoms with Crippen LogP contribution in [0.1, 0.15) is 65.3 Å². The van der Waals surface area contributed by atoms with Crippen LogP contribution in [0.25, 0.3) is 10.9 Å². The van der Waals surface area contributed by atoms with E-state index in [0.29, 0.717) is 6.04 Å². The molecule has 3 heteroatoms. The number of H-pyrrole nitrogens is 1. The van der Waals surface area contributed by atoms with Gasteiger partial charge in [0.25, 0.3) is 5.91 Å². The highest BCUT2D eigenvalue weighted by molar-refractivity contribution is 6.01. The number of hydrogen-bond acceptors (Lipinski definition) is 1. The first-order valence-corrected chi connectivity index (χ1v) is 9.74. The summed E-state index contributed by atoms with van der Waals surface area (Å²) in [6, 6.07) is 17.0. The quantitative estimate of drug-likeness (QED) is 0.668. The zero-order valence-electron chi connectivity index (χ0n) is 15.2. The van der Waals surface area contributed by atoms with Crippen LogP contribution in [0.2, 0.25) is 0 Å². The fraction of sp³-hybridized carbons (Fsp3) is 0.348. The van der Waals surface area contributed by atoms with Crippen molar-refractivity contribution in [3.05, 3.63) is 70.9 Å². The third kappa shape index (κ3) is 2.23. The van der Waals surface area contributed by atoms with E-state index < -0.39 is 0 Å². The molecule has 2 heterocycles. The Morgan fingerprint density at radius 1 is 0.962 bits per heavy atom. The summed E-state index contributed by atoms with van der Waals surface area (Å²) in [5, 5.41) is 1.24. The SMILES string of the molecule is Cc1[nH]c2ccccc2c1[C@H]1c2ccccc2C(=O)N1C1CCCCC1. The Morgan fingerprint density at radius 2 is 1.69 bits per heavy atom. The zero-order valence-corrected chi connectivity index (χ0v) is 15.2. The molecule has 1 amide bonds. The maximum atomic E-state index is 13.4. The first-order chi connectivity index (χ1) is 12.8. The van der Waals surface area contributed by atoms with Crippen LogP contribution in [0.5, 0.6) is 0 Å². The molecule has 0 radical (unpaired) electrons. The average molecular weight is 344 g/mol. The number of para-hydroxylation sites is 1. The molecule has 1 saturated carbocycles. The second-order valence-corrected chi connectivity index (χ2v) is 7.70. The fourth-order valence-corrected chi connectivity index (χ4v) is 5.02. The predicted molar refractivity (Wildman–Crippen MR) is 104 cm³/mol. The van der Waals surface area contributed by atoms with Crippen LogP contribution in [0.3, 0.4) is 0 Å². The summed E-state index contributed by atoms with van der Waals surface area (Å²) in [5.41, 5.74) is 5.63. The monoisotopic (exact) mass is 344 g/mol. The average Bonchev–Trinajstić information content (AvgIpc) is 3.16. The van der Waals surface area contributed by atoms with Crippen LogP contribution >= 0.6 is 0 Å². The van der Waals surface area contributed by atoms with Gasteiger partial charge in [-0.05, 0) is 37.5 Å². The molecule has 1 fully saturated rings. The molecule has 1 N–H and O–H groups in total. The summed E-state index contributed by atoms with van der Waals surface area (Å²) in [5.74, 6) is 0.210. The van der Waals surface area contributed by atoms with E-state index in [2.05, 4.69) is 53.2 Å². The van der Waals surface area contributed by atoms with Crippen LogP contribution in [-0.4, -0.2) is 21.8 Å². The molecule has 2 aliphatic rings. The Balaban J connectivity index is 1.72. The van der Waals surface area contributed by atoms with Gasteiger partial charge in [-0.25, -0.2) is 0 Å². The topological polar surface area (TPSA) is 36.1 Å². The van der Waals surface area contributed by atoms with Crippen molar-refractivity contribution in [1.29, 1.82) is 0 Å². The van der Waals surface area contributed by atoms with Gasteiger partial charge in [-0.2, -0.15) is 0 Å². The van der Waals surface area contributed by atoms with Gasteiger partial charge < -0.3 is 9.88 Å². The van der Waals surface area contributed by atoms with E-state index in [1.165, 1.54) is 35.9 Å². The number of rotatable bonds is 2. The standard InChI is InChI=1S/C23H24N2O/c1-15-21(19-13-7-8-14-20(19)24-15)22-17-11-5-6-12-18(17)23(26)25(22)16-9-3-2-4-10-16/h5-8,11-14,16,22,24H,2-4,9-10H2,1H3/t22-/m1/s1. The van der Waals surface area contributed by atoms with Gasteiger partial charge in [0, 0.05) is 33.8 Å². The smallest absolute Gasteiger partial charge is 0.255 e. The summed E-state index contributed by atoms with van der Waals surface area (Å²) < 4.78 is 0. The minimum Gasteiger partial charge on any atom is -0.358 e. The van der Waals surface area contributed by atoms with Crippen LogP contribution in [-0.2, 0) is 0 Å². The molecular weight excluding hydrogens is 320 g/mol. The van der Waals surface area contributed by atoms with Crippen molar-refractivity contribution in [2.24, 2.45) is 0 Å². The number of aromatic nitrogens is 1. The minimum atomic E-state index is 0.0259. The van der Waals surface area contributed by atoms with Crippen LogP contribution in [0, 0.1) is 6.92 Å². The van der Waals surface area contributed by atoms with E-state index in [0.717, 1.165) is 29.5 Å². The Labute approximate surface area is 154 Å². The van der Waals surface area contributed by atoms with Crippen molar-refractivity contribution in [3.63, 3.8) is 0 Å². The van der Waals surface area contributed by atoms with E-state index in [1.807, 2.05) is 12.1 Å². The van der Waals surface area contributed by atoms with Gasteiger partial charge in [-0.1, -0.05) is 55.7 Å². The number of aromatic amines is 1. The molecule has 0 bridgehead atoms. The van der Waals surface area contributed by atoms with Gasteiger partial charge in [-0.3, -0.25) is 4.79 Å². The number of nitrogens with one attached hydrogen (secondary N) is 1. The summed E-state index contributed by atoms with van der Waals surface area (Å²) >= 11 is 0. The zero-order chi connectivity index (χ0) is 17.7. The van der Waals surface area contributed by atoms with Crippen molar-refractivity contribution in [2.45, 2.75) is 51.1 Å². The molecule has 3 aromatic rings. The van der Waals surface area contributed by atoms with Crippen molar-refractivity contribution in [1.82, 2.24) is 9.88 Å². The van der Waals surface area contributed by atoms with Gasteiger partial charge >= 0.3 is 0 Å². The molecule has 1 aromatic heterocycles. The van der Waals surface area contributed by atoms with Crippen molar-refractivity contribution >= 4 is 16.8 Å². The molecule has 5 rings (SSSR count). The molecule has 1 aliphatic carbocycles. The number of carbonyl (C=O) groups excluding carboxylic acids is 1. The molecule has 1 aliphatic heterocycles. The Morgan fingerprint density at radius 3 is 2.54 bits per heavy atom. The fourth-order valence-electron chi connectivity index (χ4n) is 5.02. The number of carbonyl (C=O) groups is 1. The Kier molecular flexibility index (Phi) is 3.63. The lowest BCUT2D eigenvalue weighted by molar-refractivity contribution is 0.0613. The van der Waals surface area contributed by atoms with E-state index in [9.17, 15) is 4.79 Å². The highest BCUT2D eigenvalue weighted by atomic mass is 16.2. The van der Waals surface area contributed by atoms with Crippen molar-refractivity contribution < 1.29 is 4.79 Å². The number of hydrogen-bond donors (Lipinski definition) is 1. The number of nitrogens with zero attached hydrogens (tertiary/aromatic N) is 1. The lowest BCUT2D eigenvalue weighted by Gasteiger charge is -2.36. The highest BCUT2D eigenvalue weighted by Gasteiger charge is 2.42. The van der Waals surface area contributed by atoms with E-state index in [4.69, 9.17) is 0 Å². The van der Waals surface area contributed by atoms with Gasteiger partial charge in [0.05, 0.1) is 6.04 Å². The third-order valence-electron chi connectivity index (χ3n) is 6.18. The minimum absolute atomic E-state index is 0.0259.